The predicted molar refractivity (Wildman–Crippen MR) is 134 cm³/mol. The first-order valence-electron chi connectivity index (χ1n) is 12.1. The summed E-state index contributed by atoms with van der Waals surface area (Å²) in [6, 6.07) is 16.3. The zero-order chi connectivity index (χ0) is 25.8. The number of H-pyrrole nitrogens is 1. The molecule has 4 aromatic rings. The molecule has 0 saturated heterocycles. The number of rotatable bonds is 6. The zero-order valence-electron chi connectivity index (χ0n) is 19.9. The third-order valence-corrected chi connectivity index (χ3v) is 6.48. The van der Waals surface area contributed by atoms with Crippen molar-refractivity contribution in [1.29, 1.82) is 0 Å². The number of fused-ring (bicyclic) bond motifs is 1. The highest BCUT2D eigenvalue weighted by molar-refractivity contribution is 5.95. The third kappa shape index (κ3) is 5.84. The van der Waals surface area contributed by atoms with Crippen molar-refractivity contribution in [2.24, 2.45) is 0 Å². The van der Waals surface area contributed by atoms with E-state index in [2.05, 4.69) is 25.6 Å². The van der Waals surface area contributed by atoms with E-state index in [0.29, 0.717) is 17.4 Å². The average molecular weight is 510 g/mol. The number of amides is 1. The SMILES string of the molecule is O=C(N[C@H]1CCC[C@@H](Nc2ncc(C(F)(F)F)c(-c3c[nH]c4ccccc34)n2)C1)OCc1ccccc1. The molecule has 5 rings (SSSR count). The van der Waals surface area contributed by atoms with Gasteiger partial charge in [-0.15, -0.1) is 0 Å². The summed E-state index contributed by atoms with van der Waals surface area (Å²) in [5.74, 6) is 0.116. The van der Waals surface area contributed by atoms with Gasteiger partial charge in [-0.05, 0) is 37.3 Å². The van der Waals surface area contributed by atoms with Crippen LogP contribution in [0.2, 0.25) is 0 Å². The molecule has 1 fully saturated rings. The summed E-state index contributed by atoms with van der Waals surface area (Å²) in [5, 5.41) is 6.72. The van der Waals surface area contributed by atoms with Crippen LogP contribution in [0, 0.1) is 0 Å². The lowest BCUT2D eigenvalue weighted by atomic mass is 9.91. The highest BCUT2D eigenvalue weighted by atomic mass is 19.4. The van der Waals surface area contributed by atoms with Gasteiger partial charge in [0.2, 0.25) is 5.95 Å². The van der Waals surface area contributed by atoms with E-state index in [0.717, 1.165) is 36.5 Å². The number of carbonyl (C=O) groups excluding carboxylic acids is 1. The van der Waals surface area contributed by atoms with Crippen LogP contribution in [-0.4, -0.2) is 33.1 Å². The van der Waals surface area contributed by atoms with E-state index < -0.39 is 17.8 Å². The Morgan fingerprint density at radius 3 is 2.62 bits per heavy atom. The number of alkyl carbamates (subject to hydrolysis) is 1. The van der Waals surface area contributed by atoms with Crippen molar-refractivity contribution >= 4 is 22.9 Å². The van der Waals surface area contributed by atoms with Crippen LogP contribution in [-0.2, 0) is 17.5 Å². The summed E-state index contributed by atoms with van der Waals surface area (Å²) in [6.45, 7) is 0.178. The number of para-hydroxylation sites is 1. The van der Waals surface area contributed by atoms with Gasteiger partial charge in [0.1, 0.15) is 12.2 Å². The van der Waals surface area contributed by atoms with Gasteiger partial charge in [-0.3, -0.25) is 0 Å². The van der Waals surface area contributed by atoms with Crippen molar-refractivity contribution in [3.8, 4) is 11.3 Å². The molecule has 7 nitrogen and oxygen atoms in total. The number of nitrogens with one attached hydrogen (secondary N) is 3. The van der Waals surface area contributed by atoms with Crippen LogP contribution >= 0.6 is 0 Å². The molecule has 2 heterocycles. The van der Waals surface area contributed by atoms with Gasteiger partial charge in [0.15, 0.2) is 0 Å². The molecule has 0 spiro atoms. The number of aromatic amines is 1. The number of anilines is 1. The topological polar surface area (TPSA) is 91.9 Å². The van der Waals surface area contributed by atoms with E-state index >= 15 is 0 Å². The summed E-state index contributed by atoms with van der Waals surface area (Å²) in [5.41, 5.74) is 0.896. The van der Waals surface area contributed by atoms with Gasteiger partial charge in [-0.2, -0.15) is 13.2 Å². The maximum Gasteiger partial charge on any atom is 0.419 e. The Balaban J connectivity index is 1.28. The molecular weight excluding hydrogens is 483 g/mol. The molecule has 1 saturated carbocycles. The van der Waals surface area contributed by atoms with Crippen LogP contribution in [0.3, 0.4) is 0 Å². The Morgan fingerprint density at radius 2 is 1.81 bits per heavy atom. The van der Waals surface area contributed by atoms with Crippen LogP contribution < -0.4 is 10.6 Å². The number of nitrogens with zero attached hydrogens (tertiary/aromatic N) is 2. The maximum atomic E-state index is 13.8. The molecule has 37 heavy (non-hydrogen) atoms. The average Bonchev–Trinajstić information content (AvgIpc) is 3.32. The number of aromatic nitrogens is 3. The first-order chi connectivity index (χ1) is 17.9. The minimum Gasteiger partial charge on any atom is -0.445 e. The fraction of sp³-hybridized carbons (Fsp3) is 0.296. The normalized spacial score (nSPS) is 17.9. The van der Waals surface area contributed by atoms with Crippen molar-refractivity contribution in [3.05, 3.63) is 78.1 Å². The van der Waals surface area contributed by atoms with Gasteiger partial charge in [-0.25, -0.2) is 14.8 Å². The van der Waals surface area contributed by atoms with E-state index in [1.807, 2.05) is 36.4 Å². The van der Waals surface area contributed by atoms with Gasteiger partial charge >= 0.3 is 12.3 Å². The zero-order valence-corrected chi connectivity index (χ0v) is 19.9. The van der Waals surface area contributed by atoms with Crippen LogP contribution in [0.25, 0.3) is 22.2 Å². The fourth-order valence-corrected chi connectivity index (χ4v) is 4.70. The summed E-state index contributed by atoms with van der Waals surface area (Å²) in [4.78, 5) is 23.6. The standard InChI is InChI=1S/C27H26F3N5O2/c28-27(29,30)22-15-32-25(35-24(22)21-14-31-23-12-5-4-11-20(21)23)33-18-9-6-10-19(13-18)34-26(36)37-16-17-7-2-1-3-8-17/h1-5,7-8,11-12,14-15,18-19,31H,6,9-10,13,16H2,(H,34,36)(H,32,33,35)/t18-,19+/m1/s1. The van der Waals surface area contributed by atoms with Crippen LogP contribution in [0.5, 0.6) is 0 Å². The van der Waals surface area contributed by atoms with Crippen molar-refractivity contribution in [2.75, 3.05) is 5.32 Å². The number of hydrogen-bond donors (Lipinski definition) is 3. The van der Waals surface area contributed by atoms with Crippen molar-refractivity contribution in [3.63, 3.8) is 0 Å². The van der Waals surface area contributed by atoms with Crippen molar-refractivity contribution in [1.82, 2.24) is 20.3 Å². The summed E-state index contributed by atoms with van der Waals surface area (Å²) < 4.78 is 46.8. The highest BCUT2D eigenvalue weighted by Gasteiger charge is 2.36. The molecule has 0 aliphatic heterocycles. The Hall–Kier alpha value is -4.08. The fourth-order valence-electron chi connectivity index (χ4n) is 4.70. The van der Waals surface area contributed by atoms with Crippen LogP contribution in [0.15, 0.2) is 67.0 Å². The largest absolute Gasteiger partial charge is 0.445 e. The summed E-state index contributed by atoms with van der Waals surface area (Å²) in [6.07, 6.45) is 0.231. The predicted octanol–water partition coefficient (Wildman–Crippen LogP) is 6.29. The van der Waals surface area contributed by atoms with Gasteiger partial charge in [0, 0.05) is 40.9 Å². The lowest BCUT2D eigenvalue weighted by Crippen LogP contribution is -2.42. The van der Waals surface area contributed by atoms with E-state index in [9.17, 15) is 18.0 Å². The van der Waals surface area contributed by atoms with E-state index in [4.69, 9.17) is 4.74 Å². The van der Waals surface area contributed by atoms with E-state index in [-0.39, 0.29) is 30.3 Å². The molecule has 2 aromatic heterocycles. The van der Waals surface area contributed by atoms with Gasteiger partial charge < -0.3 is 20.4 Å². The van der Waals surface area contributed by atoms with Gasteiger partial charge in [0.25, 0.3) is 0 Å². The second-order valence-electron chi connectivity index (χ2n) is 9.11. The Kier molecular flexibility index (Phi) is 6.98. The second-order valence-corrected chi connectivity index (χ2v) is 9.11. The summed E-state index contributed by atoms with van der Waals surface area (Å²) >= 11 is 0. The molecular formula is C27H26F3N5O2. The number of halogens is 3. The molecule has 1 aliphatic rings. The Bertz CT molecular complexity index is 1370. The first kappa shape index (κ1) is 24.6. The molecule has 192 valence electrons. The lowest BCUT2D eigenvalue weighted by Gasteiger charge is -2.30. The molecule has 1 amide bonds. The minimum atomic E-state index is -4.60. The smallest absolute Gasteiger partial charge is 0.419 e. The van der Waals surface area contributed by atoms with E-state index in [1.165, 1.54) is 6.20 Å². The van der Waals surface area contributed by atoms with E-state index in [1.54, 1.807) is 18.2 Å². The lowest BCUT2D eigenvalue weighted by molar-refractivity contribution is -0.137. The maximum absolute atomic E-state index is 13.8. The van der Waals surface area contributed by atoms with Gasteiger partial charge in [-0.1, -0.05) is 48.5 Å². The quantitative estimate of drug-likeness (QED) is 0.284. The Labute approximate surface area is 211 Å². The van der Waals surface area contributed by atoms with Gasteiger partial charge in [0.05, 0.1) is 5.69 Å². The molecule has 0 bridgehead atoms. The van der Waals surface area contributed by atoms with Crippen molar-refractivity contribution in [2.45, 2.75) is 50.6 Å². The monoisotopic (exact) mass is 509 g/mol. The number of alkyl halides is 3. The first-order valence-corrected chi connectivity index (χ1v) is 12.1. The molecule has 2 aromatic carbocycles. The second kappa shape index (κ2) is 10.5. The molecule has 10 heteroatoms. The number of carbonyl (C=O) groups is 1. The number of benzene rings is 2. The minimum absolute atomic E-state index is 0.110. The van der Waals surface area contributed by atoms with Crippen LogP contribution in [0.1, 0.15) is 36.8 Å². The van der Waals surface area contributed by atoms with Crippen LogP contribution in [0.4, 0.5) is 23.9 Å². The summed E-state index contributed by atoms with van der Waals surface area (Å²) in [7, 11) is 0. The number of ether oxygens (including phenoxy) is 1. The molecule has 1 aliphatic carbocycles. The molecule has 3 N–H and O–H groups in total. The number of hydrogen-bond acceptors (Lipinski definition) is 5. The molecule has 0 radical (unpaired) electrons. The highest BCUT2D eigenvalue weighted by Crippen LogP contribution is 2.38. The molecule has 2 atom stereocenters. The van der Waals surface area contributed by atoms with Crippen molar-refractivity contribution < 1.29 is 22.7 Å². The Morgan fingerprint density at radius 1 is 1.05 bits per heavy atom. The third-order valence-electron chi connectivity index (χ3n) is 6.48. The molecule has 0 unspecified atom stereocenters.